The molecule has 156 valence electrons. The lowest BCUT2D eigenvalue weighted by Crippen LogP contribution is -2.49. The molecule has 3 aliphatic rings. The van der Waals surface area contributed by atoms with Gasteiger partial charge in [-0.15, -0.1) is 11.8 Å². The second-order valence-corrected chi connectivity index (χ2v) is 9.77. The van der Waals surface area contributed by atoms with E-state index in [0.717, 1.165) is 45.3 Å². The largest absolute Gasteiger partial charge is 0.449 e. The van der Waals surface area contributed by atoms with Crippen molar-refractivity contribution in [1.29, 1.82) is 0 Å². The van der Waals surface area contributed by atoms with Crippen molar-refractivity contribution < 1.29 is 9.53 Å². The molecule has 5 nitrogen and oxygen atoms in total. The standard InChI is InChI=1S/C23H31N3O2S/c1-25-13-15(14-28-23(27)26-9-4-3-5-10-26)11-17-16-7-6-8-19-21(16)18(12-20(17)25)22(24-19)29-2/h6-8,15,17,20,24H,3-5,9-14H2,1-2H3/t15?,17-,20-/m1/s1. The first-order valence-corrected chi connectivity index (χ1v) is 12.2. The van der Waals surface area contributed by atoms with E-state index in [2.05, 4.69) is 41.4 Å². The number of ether oxygens (including phenoxy) is 1. The Kier molecular flexibility index (Phi) is 5.25. The van der Waals surface area contributed by atoms with Crippen LogP contribution in [0, 0.1) is 5.92 Å². The zero-order chi connectivity index (χ0) is 20.0. The zero-order valence-electron chi connectivity index (χ0n) is 17.4. The number of hydrogen-bond donors (Lipinski definition) is 1. The van der Waals surface area contributed by atoms with Crippen LogP contribution in [-0.4, -0.2) is 66.5 Å². The van der Waals surface area contributed by atoms with Crippen molar-refractivity contribution in [2.75, 3.05) is 39.5 Å². The van der Waals surface area contributed by atoms with E-state index >= 15 is 0 Å². The monoisotopic (exact) mass is 413 g/mol. The lowest BCUT2D eigenvalue weighted by atomic mass is 9.72. The summed E-state index contributed by atoms with van der Waals surface area (Å²) in [4.78, 5) is 20.5. The Morgan fingerprint density at radius 2 is 2.10 bits per heavy atom. The average molecular weight is 414 g/mol. The maximum absolute atomic E-state index is 12.4. The number of nitrogens with zero attached hydrogens (tertiary/aromatic N) is 2. The number of likely N-dealkylation sites (tertiary alicyclic amines) is 2. The van der Waals surface area contributed by atoms with Gasteiger partial charge in [0.1, 0.15) is 0 Å². The molecular weight excluding hydrogens is 382 g/mol. The van der Waals surface area contributed by atoms with Gasteiger partial charge in [0.05, 0.1) is 11.6 Å². The number of hydrogen-bond acceptors (Lipinski definition) is 4. The van der Waals surface area contributed by atoms with Crippen LogP contribution in [0.25, 0.3) is 10.9 Å². The van der Waals surface area contributed by atoms with Crippen LogP contribution in [0.3, 0.4) is 0 Å². The van der Waals surface area contributed by atoms with E-state index in [0.29, 0.717) is 24.5 Å². The van der Waals surface area contributed by atoms with Crippen molar-refractivity contribution in [3.63, 3.8) is 0 Å². The van der Waals surface area contributed by atoms with Crippen molar-refractivity contribution in [2.45, 2.75) is 49.1 Å². The molecule has 29 heavy (non-hydrogen) atoms. The van der Waals surface area contributed by atoms with E-state index in [1.165, 1.54) is 33.5 Å². The number of H-pyrrole nitrogens is 1. The molecule has 1 amide bonds. The minimum absolute atomic E-state index is 0.113. The highest BCUT2D eigenvalue weighted by atomic mass is 32.2. The van der Waals surface area contributed by atoms with Crippen LogP contribution < -0.4 is 0 Å². The third-order valence-electron chi connectivity index (χ3n) is 7.16. The fourth-order valence-corrected chi connectivity index (χ4v) is 6.40. The molecule has 0 saturated carbocycles. The van der Waals surface area contributed by atoms with Gasteiger partial charge in [-0.1, -0.05) is 12.1 Å². The molecule has 3 heterocycles. The van der Waals surface area contributed by atoms with E-state index in [4.69, 9.17) is 4.74 Å². The first-order chi connectivity index (χ1) is 14.2. The molecule has 0 bridgehead atoms. The van der Waals surface area contributed by atoms with Crippen LogP contribution in [0.4, 0.5) is 4.79 Å². The molecule has 3 atom stereocenters. The Hall–Kier alpha value is -1.66. The van der Waals surface area contributed by atoms with Gasteiger partial charge in [0.15, 0.2) is 0 Å². The van der Waals surface area contributed by atoms with E-state index in [-0.39, 0.29) is 6.09 Å². The smallest absolute Gasteiger partial charge is 0.409 e. The Morgan fingerprint density at radius 3 is 2.90 bits per heavy atom. The second-order valence-electron chi connectivity index (χ2n) is 8.95. The van der Waals surface area contributed by atoms with Crippen LogP contribution >= 0.6 is 11.8 Å². The third-order valence-corrected chi connectivity index (χ3v) is 7.92. The number of benzene rings is 1. The minimum atomic E-state index is -0.113. The molecule has 1 aromatic heterocycles. The minimum Gasteiger partial charge on any atom is -0.449 e. The molecule has 1 aromatic carbocycles. The van der Waals surface area contributed by atoms with Crippen molar-refractivity contribution in [2.24, 2.45) is 5.92 Å². The molecule has 0 radical (unpaired) electrons. The molecular formula is C23H31N3O2S. The van der Waals surface area contributed by atoms with Gasteiger partial charge in [0.25, 0.3) is 0 Å². The maximum atomic E-state index is 12.4. The number of likely N-dealkylation sites (N-methyl/N-ethyl adjacent to an activating group) is 1. The number of nitrogens with one attached hydrogen (secondary N) is 1. The van der Waals surface area contributed by atoms with Crippen LogP contribution in [-0.2, 0) is 11.2 Å². The lowest BCUT2D eigenvalue weighted by molar-refractivity contribution is 0.0443. The molecule has 5 rings (SSSR count). The number of piperidine rings is 2. The fourth-order valence-electron chi connectivity index (χ4n) is 5.76. The van der Waals surface area contributed by atoms with E-state index < -0.39 is 0 Å². The number of carbonyl (C=O) groups is 1. The third kappa shape index (κ3) is 3.44. The van der Waals surface area contributed by atoms with Crippen LogP contribution in [0.1, 0.15) is 42.7 Å². The zero-order valence-corrected chi connectivity index (χ0v) is 18.3. The highest BCUT2D eigenvalue weighted by Crippen LogP contribution is 2.46. The van der Waals surface area contributed by atoms with E-state index in [1.54, 1.807) is 0 Å². The lowest BCUT2D eigenvalue weighted by Gasteiger charge is -2.45. The summed E-state index contributed by atoms with van der Waals surface area (Å²) in [5, 5.41) is 2.76. The Bertz CT molecular complexity index is 905. The topological polar surface area (TPSA) is 48.6 Å². The molecule has 2 aliphatic heterocycles. The van der Waals surface area contributed by atoms with Gasteiger partial charge < -0.3 is 19.5 Å². The summed E-state index contributed by atoms with van der Waals surface area (Å²) in [7, 11) is 2.24. The van der Waals surface area contributed by atoms with Crippen molar-refractivity contribution >= 4 is 28.8 Å². The number of aromatic amines is 1. The van der Waals surface area contributed by atoms with E-state index in [9.17, 15) is 4.79 Å². The quantitative estimate of drug-likeness (QED) is 0.754. The normalized spacial score (nSPS) is 27.1. The van der Waals surface area contributed by atoms with Gasteiger partial charge in [0.2, 0.25) is 0 Å². The Morgan fingerprint density at radius 1 is 1.28 bits per heavy atom. The summed E-state index contributed by atoms with van der Waals surface area (Å²) >= 11 is 1.82. The second kappa shape index (κ2) is 7.88. The number of fused-ring (bicyclic) bond motifs is 2. The molecule has 1 N–H and O–H groups in total. The van der Waals surface area contributed by atoms with Gasteiger partial charge in [-0.25, -0.2) is 4.79 Å². The van der Waals surface area contributed by atoms with Gasteiger partial charge in [-0.2, -0.15) is 0 Å². The van der Waals surface area contributed by atoms with Gasteiger partial charge in [-0.3, -0.25) is 0 Å². The highest BCUT2D eigenvalue weighted by molar-refractivity contribution is 7.98. The first-order valence-electron chi connectivity index (χ1n) is 10.9. The summed E-state index contributed by atoms with van der Waals surface area (Å²) in [5.74, 6) is 0.903. The summed E-state index contributed by atoms with van der Waals surface area (Å²) in [6.45, 7) is 3.24. The fraction of sp³-hybridized carbons (Fsp3) is 0.609. The number of thioether (sulfide) groups is 1. The summed E-state index contributed by atoms with van der Waals surface area (Å²) < 4.78 is 5.76. The average Bonchev–Trinajstić information content (AvgIpc) is 3.12. The number of aromatic nitrogens is 1. The molecule has 0 spiro atoms. The summed E-state index contributed by atoms with van der Waals surface area (Å²) in [6, 6.07) is 7.23. The van der Waals surface area contributed by atoms with Crippen molar-refractivity contribution in [1.82, 2.24) is 14.8 Å². The SMILES string of the molecule is CSc1[nH]c2cccc3c2c1C[C@@H]1[C@@H]3CC(COC(=O)N2CCCCC2)CN1C. The summed E-state index contributed by atoms with van der Waals surface area (Å²) in [5.41, 5.74) is 4.23. The van der Waals surface area contributed by atoms with E-state index in [1.807, 2.05) is 16.7 Å². The molecule has 2 aromatic rings. The Balaban J connectivity index is 1.34. The number of carbonyl (C=O) groups excluding carboxylic acids is 1. The van der Waals surface area contributed by atoms with Crippen molar-refractivity contribution in [3.05, 3.63) is 29.3 Å². The highest BCUT2D eigenvalue weighted by Gasteiger charge is 2.40. The molecule has 1 aliphatic carbocycles. The predicted octanol–water partition coefficient (Wildman–Crippen LogP) is 4.47. The number of rotatable bonds is 3. The van der Waals surface area contributed by atoms with Crippen LogP contribution in [0.2, 0.25) is 0 Å². The van der Waals surface area contributed by atoms with Gasteiger partial charge >= 0.3 is 6.09 Å². The first kappa shape index (κ1) is 19.3. The Labute approximate surface area is 177 Å². The molecule has 2 saturated heterocycles. The predicted molar refractivity (Wildman–Crippen MR) is 118 cm³/mol. The molecule has 6 heteroatoms. The summed E-state index contributed by atoms with van der Waals surface area (Å²) in [6.07, 6.45) is 7.68. The van der Waals surface area contributed by atoms with Gasteiger partial charge in [0, 0.05) is 48.4 Å². The molecule has 1 unspecified atom stereocenters. The van der Waals surface area contributed by atoms with Crippen LogP contribution in [0.15, 0.2) is 23.2 Å². The molecule has 2 fully saturated rings. The number of amides is 1. The maximum Gasteiger partial charge on any atom is 0.409 e. The van der Waals surface area contributed by atoms with Crippen LogP contribution in [0.5, 0.6) is 0 Å². The van der Waals surface area contributed by atoms with Gasteiger partial charge in [-0.05, 0) is 62.6 Å². The van der Waals surface area contributed by atoms with Crippen molar-refractivity contribution in [3.8, 4) is 0 Å².